The number of likely N-dealkylation sites (tertiary alicyclic amines) is 1. The van der Waals surface area contributed by atoms with Crippen LogP contribution in [0.15, 0.2) is 12.1 Å². The molecule has 34 heavy (non-hydrogen) atoms. The number of benzene rings is 1. The molecule has 1 aromatic carbocycles. The monoisotopic (exact) mass is 466 g/mol. The fraction of sp³-hybridized carbons (Fsp3) is 0.615. The van der Waals surface area contributed by atoms with Crippen LogP contribution in [-0.4, -0.2) is 57.9 Å². The second-order valence-corrected chi connectivity index (χ2v) is 11.2. The Kier molecular flexibility index (Phi) is 5.86. The molecule has 1 aliphatic heterocycles. The molecule has 182 valence electrons. The van der Waals surface area contributed by atoms with Gasteiger partial charge in [-0.3, -0.25) is 9.59 Å². The normalized spacial score (nSPS) is 26.6. The molecule has 2 bridgehead atoms. The molecule has 4 unspecified atom stereocenters. The van der Waals surface area contributed by atoms with Gasteiger partial charge in [-0.1, -0.05) is 6.42 Å². The number of ether oxygens (including phenoxy) is 1. The maximum atomic E-state index is 13.3. The summed E-state index contributed by atoms with van der Waals surface area (Å²) < 4.78 is 5.50. The fourth-order valence-electron chi connectivity index (χ4n) is 6.02. The van der Waals surface area contributed by atoms with Crippen LogP contribution in [-0.2, 0) is 4.74 Å². The number of hydrogen-bond acceptors (Lipinski definition) is 5. The first kappa shape index (κ1) is 22.9. The summed E-state index contributed by atoms with van der Waals surface area (Å²) in [5.74, 6) is 2.47. The zero-order valence-electron chi connectivity index (χ0n) is 20.2. The van der Waals surface area contributed by atoms with Gasteiger partial charge in [0.25, 0.3) is 5.91 Å². The average Bonchev–Trinajstić information content (AvgIpc) is 3.52. The van der Waals surface area contributed by atoms with E-state index in [-0.39, 0.29) is 18.0 Å². The van der Waals surface area contributed by atoms with Crippen LogP contribution in [0.2, 0.25) is 0 Å². The zero-order chi connectivity index (χ0) is 24.0. The smallest absolute Gasteiger partial charge is 0.410 e. The van der Waals surface area contributed by atoms with Crippen LogP contribution >= 0.6 is 0 Å². The summed E-state index contributed by atoms with van der Waals surface area (Å²) >= 11 is 0. The van der Waals surface area contributed by atoms with Crippen LogP contribution in [0.5, 0.6) is 0 Å². The van der Waals surface area contributed by atoms with Gasteiger partial charge in [-0.15, -0.1) is 0 Å². The molecular formula is C26H34N4O4. The standard InChI is InChI=1S/C26H34N4O4/c1-26(2,3)34-25(33)30-10-4-5-18(13-30)27-24(32)19-9-8-17(14-31)21-22(19)29-23(28-21)20-12-15-6-7-16(20)11-15/h8-9,14-16,18,20H,4-7,10-13H2,1-3H3,(H,27,32)(H,28,29). The zero-order valence-corrected chi connectivity index (χ0v) is 20.2. The number of imidazole rings is 1. The third kappa shape index (κ3) is 4.42. The highest BCUT2D eigenvalue weighted by Gasteiger charge is 2.41. The molecule has 2 heterocycles. The van der Waals surface area contributed by atoms with E-state index in [4.69, 9.17) is 9.72 Å². The van der Waals surface area contributed by atoms with Crippen LogP contribution in [0.4, 0.5) is 4.79 Å². The van der Waals surface area contributed by atoms with Crippen molar-refractivity contribution in [3.63, 3.8) is 0 Å². The Bertz CT molecular complexity index is 1120. The molecule has 1 saturated heterocycles. The summed E-state index contributed by atoms with van der Waals surface area (Å²) in [6.07, 6.45) is 6.95. The molecule has 8 nitrogen and oxygen atoms in total. The van der Waals surface area contributed by atoms with Crippen molar-refractivity contribution in [2.75, 3.05) is 13.1 Å². The van der Waals surface area contributed by atoms with Gasteiger partial charge < -0.3 is 19.9 Å². The number of aldehydes is 1. The lowest BCUT2D eigenvalue weighted by atomic mass is 9.88. The molecule has 2 amide bonds. The van der Waals surface area contributed by atoms with E-state index in [9.17, 15) is 14.4 Å². The van der Waals surface area contributed by atoms with Crippen molar-refractivity contribution < 1.29 is 19.1 Å². The van der Waals surface area contributed by atoms with Gasteiger partial charge >= 0.3 is 6.09 Å². The van der Waals surface area contributed by atoms with Crippen LogP contribution < -0.4 is 5.32 Å². The van der Waals surface area contributed by atoms with Gasteiger partial charge in [0.2, 0.25) is 0 Å². The van der Waals surface area contributed by atoms with Gasteiger partial charge in [0.05, 0.1) is 16.6 Å². The number of carbonyl (C=O) groups is 3. The van der Waals surface area contributed by atoms with Gasteiger partial charge in [-0.25, -0.2) is 9.78 Å². The molecule has 2 saturated carbocycles. The predicted molar refractivity (Wildman–Crippen MR) is 128 cm³/mol. The Morgan fingerprint density at radius 1 is 1.21 bits per heavy atom. The Balaban J connectivity index is 1.35. The van der Waals surface area contributed by atoms with Crippen molar-refractivity contribution in [1.82, 2.24) is 20.2 Å². The third-order valence-corrected chi connectivity index (χ3v) is 7.56. The lowest BCUT2D eigenvalue weighted by Gasteiger charge is -2.34. The largest absolute Gasteiger partial charge is 0.444 e. The summed E-state index contributed by atoms with van der Waals surface area (Å²) in [5, 5.41) is 3.09. The summed E-state index contributed by atoms with van der Waals surface area (Å²) in [5.41, 5.74) is 1.61. The van der Waals surface area contributed by atoms with E-state index in [0.29, 0.717) is 47.1 Å². The number of piperidine rings is 1. The number of fused-ring (bicyclic) bond motifs is 3. The van der Waals surface area contributed by atoms with E-state index in [2.05, 4.69) is 10.3 Å². The van der Waals surface area contributed by atoms with Gasteiger partial charge in [0.1, 0.15) is 11.4 Å². The first-order valence-corrected chi connectivity index (χ1v) is 12.5. The molecule has 2 aromatic rings. The molecular weight excluding hydrogens is 432 g/mol. The lowest BCUT2D eigenvalue weighted by molar-refractivity contribution is 0.0185. The lowest BCUT2D eigenvalue weighted by Crippen LogP contribution is -2.50. The third-order valence-electron chi connectivity index (χ3n) is 7.56. The van der Waals surface area contributed by atoms with Gasteiger partial charge in [-0.2, -0.15) is 0 Å². The Morgan fingerprint density at radius 2 is 2.03 bits per heavy atom. The van der Waals surface area contributed by atoms with E-state index in [1.54, 1.807) is 17.0 Å². The van der Waals surface area contributed by atoms with Crippen LogP contribution in [0, 0.1) is 11.8 Å². The molecule has 3 fully saturated rings. The molecule has 0 radical (unpaired) electrons. The van der Waals surface area contributed by atoms with Gasteiger partial charge in [-0.05, 0) is 76.8 Å². The highest BCUT2D eigenvalue weighted by molar-refractivity contribution is 6.08. The van der Waals surface area contributed by atoms with E-state index >= 15 is 0 Å². The van der Waals surface area contributed by atoms with Crippen molar-refractivity contribution in [2.45, 2.75) is 76.9 Å². The Hall–Kier alpha value is -2.90. The topological polar surface area (TPSA) is 104 Å². The fourth-order valence-corrected chi connectivity index (χ4v) is 6.02. The Morgan fingerprint density at radius 3 is 2.71 bits per heavy atom. The second kappa shape index (κ2) is 8.71. The van der Waals surface area contributed by atoms with E-state index < -0.39 is 5.60 Å². The van der Waals surface area contributed by atoms with Crippen LogP contribution in [0.3, 0.4) is 0 Å². The first-order valence-electron chi connectivity index (χ1n) is 12.5. The number of aromatic nitrogens is 2. The summed E-state index contributed by atoms with van der Waals surface area (Å²) in [4.78, 5) is 47.4. The molecule has 2 aliphatic carbocycles. The van der Waals surface area contributed by atoms with E-state index in [1.807, 2.05) is 20.8 Å². The number of aromatic amines is 1. The predicted octanol–water partition coefficient (Wildman–Crippen LogP) is 4.41. The van der Waals surface area contributed by atoms with Crippen LogP contribution in [0.25, 0.3) is 11.0 Å². The minimum Gasteiger partial charge on any atom is -0.444 e. The van der Waals surface area contributed by atoms with Crippen molar-refractivity contribution >= 4 is 29.3 Å². The molecule has 3 aliphatic rings. The summed E-state index contributed by atoms with van der Waals surface area (Å²) in [6, 6.07) is 3.20. The number of carbonyl (C=O) groups excluding carboxylic acids is 3. The first-order chi connectivity index (χ1) is 16.2. The molecule has 0 spiro atoms. The maximum absolute atomic E-state index is 13.3. The minimum absolute atomic E-state index is 0.164. The highest BCUT2D eigenvalue weighted by atomic mass is 16.6. The molecule has 8 heteroatoms. The number of nitrogens with one attached hydrogen (secondary N) is 2. The summed E-state index contributed by atoms with van der Waals surface area (Å²) in [6.45, 7) is 6.57. The number of hydrogen-bond donors (Lipinski definition) is 2. The van der Waals surface area contributed by atoms with Gasteiger partial charge in [0, 0.05) is 30.6 Å². The van der Waals surface area contributed by atoms with E-state index in [1.165, 1.54) is 19.3 Å². The maximum Gasteiger partial charge on any atom is 0.410 e. The van der Waals surface area contributed by atoms with Crippen molar-refractivity contribution in [2.24, 2.45) is 11.8 Å². The number of amides is 2. The molecule has 2 N–H and O–H groups in total. The quantitative estimate of drug-likeness (QED) is 0.650. The van der Waals surface area contributed by atoms with Crippen molar-refractivity contribution in [3.8, 4) is 0 Å². The molecule has 1 aromatic heterocycles. The van der Waals surface area contributed by atoms with E-state index in [0.717, 1.165) is 37.3 Å². The second-order valence-electron chi connectivity index (χ2n) is 11.2. The summed E-state index contributed by atoms with van der Waals surface area (Å²) in [7, 11) is 0. The van der Waals surface area contributed by atoms with Crippen molar-refractivity contribution in [1.29, 1.82) is 0 Å². The van der Waals surface area contributed by atoms with Gasteiger partial charge in [0.15, 0.2) is 6.29 Å². The number of H-pyrrole nitrogens is 1. The Labute approximate surface area is 199 Å². The molecule has 5 rings (SSSR count). The van der Waals surface area contributed by atoms with Crippen molar-refractivity contribution in [3.05, 3.63) is 29.1 Å². The van der Waals surface area contributed by atoms with Crippen LogP contribution in [0.1, 0.15) is 91.8 Å². The minimum atomic E-state index is -0.559. The highest BCUT2D eigenvalue weighted by Crippen LogP contribution is 2.52. The SMILES string of the molecule is CC(C)(C)OC(=O)N1CCCC(NC(=O)c2ccc(C=O)c3nc(C4CC5CCC4C5)[nH]c23)C1. The average molecular weight is 467 g/mol. The number of nitrogens with zero attached hydrogens (tertiary/aromatic N) is 2. The number of rotatable bonds is 4. The molecule has 4 atom stereocenters.